The second-order valence-electron chi connectivity index (χ2n) is 5.62. The Labute approximate surface area is 96.2 Å². The Hall–Kier alpha value is -0.260. The van der Waals surface area contributed by atoms with Gasteiger partial charge in [0.05, 0.1) is 0 Å². The molecule has 1 rings (SSSR count). The molecule has 0 aliphatic heterocycles. The largest absolute Gasteiger partial charge is 0.0798 e. The highest BCUT2D eigenvalue weighted by atomic mass is 14.5. The Bertz CT molecular complexity index is 222. The van der Waals surface area contributed by atoms with E-state index in [1.54, 1.807) is 0 Å². The van der Waals surface area contributed by atoms with Gasteiger partial charge in [-0.15, -0.1) is 0 Å². The van der Waals surface area contributed by atoms with E-state index in [0.717, 1.165) is 11.8 Å². The smallest absolute Gasteiger partial charge is 0.00646 e. The zero-order valence-corrected chi connectivity index (χ0v) is 11.3. The zero-order chi connectivity index (χ0) is 11.5. The van der Waals surface area contributed by atoms with E-state index in [1.807, 2.05) is 0 Å². The van der Waals surface area contributed by atoms with E-state index in [-0.39, 0.29) is 0 Å². The predicted octanol–water partition coefficient (Wildman–Crippen LogP) is 5.20. The molecule has 0 radical (unpaired) electrons. The summed E-state index contributed by atoms with van der Waals surface area (Å²) in [5, 5.41) is 0. The third-order valence-electron chi connectivity index (χ3n) is 4.53. The highest BCUT2D eigenvalue weighted by Gasteiger charge is 2.41. The Balaban J connectivity index is 3.02. The van der Waals surface area contributed by atoms with E-state index >= 15 is 0 Å². The normalized spacial score (nSPS) is 36.3. The van der Waals surface area contributed by atoms with Crippen molar-refractivity contribution in [3.05, 3.63) is 11.6 Å². The second kappa shape index (κ2) is 5.18. The molecule has 1 aliphatic rings. The minimum Gasteiger partial charge on any atom is -0.0798 e. The van der Waals surface area contributed by atoms with E-state index < -0.39 is 0 Å². The van der Waals surface area contributed by atoms with Crippen LogP contribution in [-0.2, 0) is 0 Å². The van der Waals surface area contributed by atoms with E-state index in [9.17, 15) is 0 Å². The van der Waals surface area contributed by atoms with Crippen LogP contribution in [0, 0.1) is 17.3 Å². The van der Waals surface area contributed by atoms with Crippen LogP contribution in [0.25, 0.3) is 0 Å². The van der Waals surface area contributed by atoms with Gasteiger partial charge in [0.1, 0.15) is 0 Å². The van der Waals surface area contributed by atoms with Gasteiger partial charge in [-0.25, -0.2) is 0 Å². The molecule has 3 unspecified atom stereocenters. The van der Waals surface area contributed by atoms with Crippen LogP contribution in [0.1, 0.15) is 66.7 Å². The Morgan fingerprint density at radius 3 is 2.40 bits per heavy atom. The summed E-state index contributed by atoms with van der Waals surface area (Å²) < 4.78 is 0. The van der Waals surface area contributed by atoms with Gasteiger partial charge < -0.3 is 0 Å². The van der Waals surface area contributed by atoms with E-state index in [4.69, 9.17) is 0 Å². The number of rotatable bonds is 3. The molecule has 0 aromatic carbocycles. The summed E-state index contributed by atoms with van der Waals surface area (Å²) in [5.74, 6) is 1.79. The minimum absolute atomic E-state index is 0.506. The molecular weight excluding hydrogens is 180 g/mol. The summed E-state index contributed by atoms with van der Waals surface area (Å²) in [7, 11) is 0. The van der Waals surface area contributed by atoms with Crippen molar-refractivity contribution < 1.29 is 0 Å². The van der Waals surface area contributed by atoms with Crippen molar-refractivity contribution in [1.82, 2.24) is 0 Å². The summed E-state index contributed by atoms with van der Waals surface area (Å²) in [5.41, 5.74) is 2.01. The molecule has 0 aromatic heterocycles. The molecule has 0 spiro atoms. The van der Waals surface area contributed by atoms with Crippen molar-refractivity contribution in [1.29, 1.82) is 0 Å². The molecule has 0 heteroatoms. The van der Waals surface area contributed by atoms with Gasteiger partial charge in [-0.2, -0.15) is 0 Å². The molecule has 0 bridgehead atoms. The number of hydrogen-bond donors (Lipinski definition) is 0. The molecule has 1 saturated carbocycles. The molecule has 88 valence electrons. The lowest BCUT2D eigenvalue weighted by molar-refractivity contribution is 0.0739. The summed E-state index contributed by atoms with van der Waals surface area (Å²) in [6.07, 6.45) is 9.56. The van der Waals surface area contributed by atoms with Gasteiger partial charge in [0, 0.05) is 0 Å². The van der Waals surface area contributed by atoms with E-state index in [0.29, 0.717) is 5.41 Å². The molecule has 15 heavy (non-hydrogen) atoms. The highest BCUT2D eigenvalue weighted by molar-refractivity contribution is 5.10. The molecule has 3 atom stereocenters. The Kier molecular flexibility index (Phi) is 4.43. The van der Waals surface area contributed by atoms with Crippen LogP contribution in [0.2, 0.25) is 0 Å². The third-order valence-corrected chi connectivity index (χ3v) is 4.53. The lowest BCUT2D eigenvalue weighted by Crippen LogP contribution is -2.38. The fourth-order valence-electron chi connectivity index (χ4n) is 3.73. The van der Waals surface area contributed by atoms with Gasteiger partial charge in [0.15, 0.2) is 0 Å². The first-order chi connectivity index (χ1) is 7.06. The van der Waals surface area contributed by atoms with Crippen LogP contribution in [0.15, 0.2) is 11.6 Å². The Morgan fingerprint density at radius 1 is 1.27 bits per heavy atom. The van der Waals surface area contributed by atoms with E-state index in [2.05, 4.69) is 40.7 Å². The maximum absolute atomic E-state index is 2.59. The fraction of sp³-hybridized carbons (Fsp3) is 0.867. The minimum atomic E-state index is 0.506. The topological polar surface area (TPSA) is 0 Å². The van der Waals surface area contributed by atoms with Crippen LogP contribution in [0.5, 0.6) is 0 Å². The SMILES string of the molecule is CCC1CCCC(C)C1(C=C(C)C)CC. The summed E-state index contributed by atoms with van der Waals surface area (Å²) >= 11 is 0. The van der Waals surface area contributed by atoms with Gasteiger partial charge >= 0.3 is 0 Å². The lowest BCUT2D eigenvalue weighted by atomic mass is 9.58. The van der Waals surface area contributed by atoms with Crippen LogP contribution >= 0.6 is 0 Å². The molecule has 0 amide bonds. The molecule has 0 aromatic rings. The van der Waals surface area contributed by atoms with Gasteiger partial charge in [0.2, 0.25) is 0 Å². The summed E-state index contributed by atoms with van der Waals surface area (Å²) in [6, 6.07) is 0. The molecule has 0 heterocycles. The standard InChI is InChI=1S/C15H28/c1-6-14-10-8-9-13(5)15(14,7-2)11-12(3)4/h11,13-14H,6-10H2,1-5H3. The highest BCUT2D eigenvalue weighted by Crippen LogP contribution is 2.50. The van der Waals surface area contributed by atoms with Gasteiger partial charge in [-0.3, -0.25) is 0 Å². The average Bonchev–Trinajstić information content (AvgIpc) is 2.20. The maximum Gasteiger partial charge on any atom is -0.00646 e. The molecule has 0 nitrogen and oxygen atoms in total. The zero-order valence-electron chi connectivity index (χ0n) is 11.3. The van der Waals surface area contributed by atoms with Crippen LogP contribution in [0.4, 0.5) is 0 Å². The Morgan fingerprint density at radius 2 is 1.93 bits per heavy atom. The molecule has 0 saturated heterocycles. The maximum atomic E-state index is 2.59. The van der Waals surface area contributed by atoms with Crippen LogP contribution in [0.3, 0.4) is 0 Å². The first kappa shape index (κ1) is 12.8. The monoisotopic (exact) mass is 208 g/mol. The second-order valence-corrected chi connectivity index (χ2v) is 5.62. The van der Waals surface area contributed by atoms with Crippen LogP contribution < -0.4 is 0 Å². The summed E-state index contributed by atoms with van der Waals surface area (Å²) in [4.78, 5) is 0. The quantitative estimate of drug-likeness (QED) is 0.559. The van der Waals surface area contributed by atoms with Crippen molar-refractivity contribution >= 4 is 0 Å². The first-order valence-electron chi connectivity index (χ1n) is 6.72. The number of hydrogen-bond acceptors (Lipinski definition) is 0. The van der Waals surface area contributed by atoms with Crippen LogP contribution in [-0.4, -0.2) is 0 Å². The summed E-state index contributed by atoms with van der Waals surface area (Å²) in [6.45, 7) is 11.7. The van der Waals surface area contributed by atoms with Crippen molar-refractivity contribution in [2.45, 2.75) is 66.7 Å². The molecule has 0 N–H and O–H groups in total. The van der Waals surface area contributed by atoms with Crippen molar-refractivity contribution in [3.63, 3.8) is 0 Å². The van der Waals surface area contributed by atoms with E-state index in [1.165, 1.54) is 37.7 Å². The fourth-order valence-corrected chi connectivity index (χ4v) is 3.73. The molecular formula is C15H28. The van der Waals surface area contributed by atoms with Crippen molar-refractivity contribution in [3.8, 4) is 0 Å². The lowest BCUT2D eigenvalue weighted by Gasteiger charge is -2.47. The molecule has 1 fully saturated rings. The van der Waals surface area contributed by atoms with Gasteiger partial charge in [-0.05, 0) is 50.4 Å². The molecule has 1 aliphatic carbocycles. The third kappa shape index (κ3) is 2.46. The van der Waals surface area contributed by atoms with Gasteiger partial charge in [0.25, 0.3) is 0 Å². The first-order valence-corrected chi connectivity index (χ1v) is 6.72. The van der Waals surface area contributed by atoms with Gasteiger partial charge in [-0.1, -0.05) is 45.3 Å². The van der Waals surface area contributed by atoms with Crippen molar-refractivity contribution in [2.24, 2.45) is 17.3 Å². The number of allylic oxidation sites excluding steroid dienone is 2. The van der Waals surface area contributed by atoms with Crippen molar-refractivity contribution in [2.75, 3.05) is 0 Å². The average molecular weight is 208 g/mol. The predicted molar refractivity (Wildman–Crippen MR) is 69.0 cm³/mol.